The maximum atomic E-state index is 5.57. The molecule has 0 spiro atoms. The lowest BCUT2D eigenvalue weighted by Gasteiger charge is -2.41. The van der Waals surface area contributed by atoms with Gasteiger partial charge >= 0.3 is 0 Å². The SMILES string of the molecule is Cc1ccccc1[C@H](C1CCOCC1)N1CCNCC1. The summed E-state index contributed by atoms with van der Waals surface area (Å²) >= 11 is 0. The predicted octanol–water partition coefficient (Wildman–Crippen LogP) is 2.37. The van der Waals surface area contributed by atoms with Crippen molar-refractivity contribution in [2.75, 3.05) is 39.4 Å². The van der Waals surface area contributed by atoms with Crippen molar-refractivity contribution >= 4 is 0 Å². The number of hydrogen-bond acceptors (Lipinski definition) is 3. The third-order valence-corrected chi connectivity index (χ3v) is 4.76. The molecule has 0 radical (unpaired) electrons. The van der Waals surface area contributed by atoms with Crippen LogP contribution < -0.4 is 5.32 Å². The Balaban J connectivity index is 1.87. The number of ether oxygens (including phenoxy) is 1. The van der Waals surface area contributed by atoms with Crippen LogP contribution in [0.25, 0.3) is 0 Å². The summed E-state index contributed by atoms with van der Waals surface area (Å²) in [6.07, 6.45) is 2.39. The van der Waals surface area contributed by atoms with E-state index in [1.165, 1.54) is 24.0 Å². The summed E-state index contributed by atoms with van der Waals surface area (Å²) in [5.74, 6) is 0.739. The first-order valence-electron chi connectivity index (χ1n) is 7.94. The molecule has 3 heteroatoms. The van der Waals surface area contributed by atoms with E-state index in [1.807, 2.05) is 0 Å². The van der Waals surface area contributed by atoms with Crippen LogP contribution in [-0.2, 0) is 4.74 Å². The van der Waals surface area contributed by atoms with E-state index in [9.17, 15) is 0 Å². The van der Waals surface area contributed by atoms with E-state index in [4.69, 9.17) is 4.74 Å². The predicted molar refractivity (Wildman–Crippen MR) is 81.9 cm³/mol. The van der Waals surface area contributed by atoms with Crippen LogP contribution >= 0.6 is 0 Å². The molecule has 110 valence electrons. The van der Waals surface area contributed by atoms with E-state index in [2.05, 4.69) is 41.4 Å². The van der Waals surface area contributed by atoms with Crippen LogP contribution in [0.1, 0.15) is 30.0 Å². The summed E-state index contributed by atoms with van der Waals surface area (Å²) in [6, 6.07) is 9.50. The number of piperazine rings is 1. The highest BCUT2D eigenvalue weighted by molar-refractivity contribution is 5.29. The minimum Gasteiger partial charge on any atom is -0.381 e. The van der Waals surface area contributed by atoms with Crippen molar-refractivity contribution in [2.24, 2.45) is 5.92 Å². The molecule has 0 aliphatic carbocycles. The lowest BCUT2D eigenvalue weighted by molar-refractivity contribution is 0.0211. The first-order chi connectivity index (χ1) is 9.86. The average molecular weight is 274 g/mol. The monoisotopic (exact) mass is 274 g/mol. The zero-order valence-corrected chi connectivity index (χ0v) is 12.5. The standard InChI is InChI=1S/C17H26N2O/c1-14-4-2-3-5-16(14)17(15-6-12-20-13-7-15)19-10-8-18-9-11-19/h2-5,15,17-18H,6-13H2,1H3/t17-/m0/s1. The van der Waals surface area contributed by atoms with Crippen molar-refractivity contribution in [1.29, 1.82) is 0 Å². The zero-order chi connectivity index (χ0) is 13.8. The number of aryl methyl sites for hydroxylation is 1. The van der Waals surface area contributed by atoms with Crippen molar-refractivity contribution in [3.05, 3.63) is 35.4 Å². The van der Waals surface area contributed by atoms with Gasteiger partial charge in [0.15, 0.2) is 0 Å². The van der Waals surface area contributed by atoms with E-state index in [0.29, 0.717) is 6.04 Å². The molecule has 1 aromatic rings. The first-order valence-corrected chi connectivity index (χ1v) is 7.94. The second-order valence-electron chi connectivity index (χ2n) is 6.04. The van der Waals surface area contributed by atoms with E-state index in [-0.39, 0.29) is 0 Å². The Morgan fingerprint density at radius 2 is 1.85 bits per heavy atom. The molecular formula is C17H26N2O. The van der Waals surface area contributed by atoms with Crippen molar-refractivity contribution in [1.82, 2.24) is 10.2 Å². The Bertz CT molecular complexity index is 405. The summed E-state index contributed by atoms with van der Waals surface area (Å²) in [4.78, 5) is 2.69. The number of nitrogens with zero attached hydrogens (tertiary/aromatic N) is 1. The molecule has 3 rings (SSSR count). The van der Waals surface area contributed by atoms with Gasteiger partial charge in [0.05, 0.1) is 0 Å². The molecule has 0 saturated carbocycles. The van der Waals surface area contributed by atoms with Crippen LogP contribution in [0.3, 0.4) is 0 Å². The lowest BCUT2D eigenvalue weighted by Crippen LogP contribution is -2.47. The molecule has 0 aromatic heterocycles. The van der Waals surface area contributed by atoms with Gasteiger partial charge in [-0.3, -0.25) is 4.90 Å². The second-order valence-corrected chi connectivity index (χ2v) is 6.04. The van der Waals surface area contributed by atoms with Gasteiger partial charge in [-0.05, 0) is 36.8 Å². The molecule has 0 unspecified atom stereocenters. The van der Waals surface area contributed by atoms with Gasteiger partial charge in [-0.1, -0.05) is 24.3 Å². The van der Waals surface area contributed by atoms with Gasteiger partial charge in [0.1, 0.15) is 0 Å². The fourth-order valence-electron chi connectivity index (χ4n) is 3.66. The number of nitrogens with one attached hydrogen (secondary N) is 1. The molecule has 2 aliphatic rings. The normalized spacial score (nSPS) is 23.6. The second kappa shape index (κ2) is 6.70. The van der Waals surface area contributed by atoms with Gasteiger partial charge in [0.25, 0.3) is 0 Å². The van der Waals surface area contributed by atoms with Crippen LogP contribution in [0.2, 0.25) is 0 Å². The molecule has 3 nitrogen and oxygen atoms in total. The third-order valence-electron chi connectivity index (χ3n) is 4.76. The molecule has 2 saturated heterocycles. The highest BCUT2D eigenvalue weighted by atomic mass is 16.5. The summed E-state index contributed by atoms with van der Waals surface area (Å²) in [7, 11) is 0. The lowest BCUT2D eigenvalue weighted by atomic mass is 9.84. The van der Waals surface area contributed by atoms with E-state index < -0.39 is 0 Å². The summed E-state index contributed by atoms with van der Waals surface area (Å²) in [5, 5.41) is 3.47. The van der Waals surface area contributed by atoms with E-state index in [0.717, 1.165) is 45.3 Å². The molecular weight excluding hydrogens is 248 g/mol. The van der Waals surface area contributed by atoms with Crippen LogP contribution in [0, 0.1) is 12.8 Å². The zero-order valence-electron chi connectivity index (χ0n) is 12.5. The highest BCUT2D eigenvalue weighted by Crippen LogP contribution is 2.36. The summed E-state index contributed by atoms with van der Waals surface area (Å²) < 4.78 is 5.57. The minimum atomic E-state index is 0.571. The topological polar surface area (TPSA) is 24.5 Å². The Morgan fingerprint density at radius 3 is 2.55 bits per heavy atom. The Kier molecular flexibility index (Phi) is 4.71. The van der Waals surface area contributed by atoms with Gasteiger partial charge in [0.2, 0.25) is 0 Å². The maximum Gasteiger partial charge on any atom is 0.0469 e. The first kappa shape index (κ1) is 14.1. The van der Waals surface area contributed by atoms with Crippen molar-refractivity contribution in [2.45, 2.75) is 25.8 Å². The Labute approximate surface area is 122 Å². The molecule has 2 fully saturated rings. The molecule has 1 N–H and O–H groups in total. The van der Waals surface area contributed by atoms with Gasteiger partial charge in [-0.25, -0.2) is 0 Å². The van der Waals surface area contributed by atoms with Crippen molar-refractivity contribution in [3.8, 4) is 0 Å². The van der Waals surface area contributed by atoms with Gasteiger partial charge in [-0.2, -0.15) is 0 Å². The quantitative estimate of drug-likeness (QED) is 0.916. The molecule has 0 amide bonds. The fraction of sp³-hybridized carbons (Fsp3) is 0.647. The molecule has 1 aromatic carbocycles. The van der Waals surface area contributed by atoms with Crippen LogP contribution in [0.15, 0.2) is 24.3 Å². The molecule has 20 heavy (non-hydrogen) atoms. The smallest absolute Gasteiger partial charge is 0.0469 e. The fourth-order valence-corrected chi connectivity index (χ4v) is 3.66. The van der Waals surface area contributed by atoms with Crippen molar-refractivity contribution < 1.29 is 4.74 Å². The Morgan fingerprint density at radius 1 is 1.15 bits per heavy atom. The van der Waals surface area contributed by atoms with E-state index >= 15 is 0 Å². The van der Waals surface area contributed by atoms with Gasteiger partial charge in [-0.15, -0.1) is 0 Å². The number of rotatable bonds is 3. The average Bonchev–Trinajstić information content (AvgIpc) is 2.52. The number of benzene rings is 1. The van der Waals surface area contributed by atoms with Gasteiger partial charge in [0, 0.05) is 45.4 Å². The van der Waals surface area contributed by atoms with Crippen LogP contribution in [0.5, 0.6) is 0 Å². The maximum absolute atomic E-state index is 5.57. The number of hydrogen-bond donors (Lipinski definition) is 1. The Hall–Kier alpha value is -0.900. The molecule has 1 atom stereocenters. The van der Waals surface area contributed by atoms with Gasteiger partial charge < -0.3 is 10.1 Å². The molecule has 2 heterocycles. The van der Waals surface area contributed by atoms with Crippen LogP contribution in [0.4, 0.5) is 0 Å². The van der Waals surface area contributed by atoms with E-state index in [1.54, 1.807) is 0 Å². The van der Waals surface area contributed by atoms with Crippen molar-refractivity contribution in [3.63, 3.8) is 0 Å². The molecule has 2 aliphatic heterocycles. The molecule has 0 bridgehead atoms. The highest BCUT2D eigenvalue weighted by Gasteiger charge is 2.31. The van der Waals surface area contributed by atoms with Crippen LogP contribution in [-0.4, -0.2) is 44.3 Å². The third kappa shape index (κ3) is 3.05. The summed E-state index contributed by atoms with van der Waals surface area (Å²) in [5.41, 5.74) is 2.96. The minimum absolute atomic E-state index is 0.571. The largest absolute Gasteiger partial charge is 0.381 e. The summed E-state index contributed by atoms with van der Waals surface area (Å²) in [6.45, 7) is 8.67.